The van der Waals surface area contributed by atoms with E-state index in [9.17, 15) is 13.3 Å². The summed E-state index contributed by atoms with van der Waals surface area (Å²) in [5, 5.41) is 9.10. The lowest BCUT2D eigenvalue weighted by Gasteiger charge is -2.36. The van der Waals surface area contributed by atoms with Crippen molar-refractivity contribution < 1.29 is 18.4 Å². The van der Waals surface area contributed by atoms with E-state index >= 15 is 0 Å². The van der Waals surface area contributed by atoms with Crippen LogP contribution in [0.4, 0.5) is 8.78 Å². The Morgan fingerprint density at radius 2 is 1.85 bits per heavy atom. The molecule has 0 aliphatic heterocycles. The summed E-state index contributed by atoms with van der Waals surface area (Å²) in [6.45, 7) is 5.79. The monoisotopic (exact) mass is 305 g/mol. The van der Waals surface area contributed by atoms with Gasteiger partial charge in [0.15, 0.2) is 0 Å². The maximum absolute atomic E-state index is 14.2. The summed E-state index contributed by atoms with van der Waals surface area (Å²) in [6, 6.07) is 5.69. The molecule has 0 unspecified atom stereocenters. The molecule has 2 N–H and O–H groups in total. The molecule has 3 atom stereocenters. The number of alkyl halides is 1. The van der Waals surface area contributed by atoms with Gasteiger partial charge in [-0.3, -0.25) is 0 Å². The molecule has 0 heterocycles. The Morgan fingerprint density at radius 3 is 2.30 bits per heavy atom. The predicted molar refractivity (Wildman–Crippen MR) is 76.8 cm³/mol. The molecule has 0 aromatic heterocycles. The zero-order chi connectivity index (χ0) is 15.6. The van der Waals surface area contributed by atoms with Crippen LogP contribution in [-0.2, 0) is 16.9 Å². The van der Waals surface area contributed by atoms with Crippen molar-refractivity contribution in [2.24, 2.45) is 0 Å². The Labute approximate surface area is 121 Å². The van der Waals surface area contributed by atoms with Crippen molar-refractivity contribution in [2.75, 3.05) is 6.61 Å². The fraction of sp³-hybridized carbons (Fsp3) is 0.571. The largest absolute Gasteiger partial charge is 0.598 e. The Kier molecular flexibility index (Phi) is 5.54. The van der Waals surface area contributed by atoms with E-state index in [2.05, 4.69) is 4.72 Å². The molecule has 1 aromatic carbocycles. The van der Waals surface area contributed by atoms with Gasteiger partial charge in [0.05, 0.1) is 6.61 Å². The molecule has 1 rings (SSSR count). The van der Waals surface area contributed by atoms with Crippen LogP contribution in [0.3, 0.4) is 0 Å². The Balaban J connectivity index is 3.21. The number of rotatable bonds is 5. The molecule has 0 aliphatic carbocycles. The molecule has 0 bridgehead atoms. The molecule has 6 heteroatoms. The third kappa shape index (κ3) is 3.69. The highest BCUT2D eigenvalue weighted by atomic mass is 32.2. The van der Waals surface area contributed by atoms with Gasteiger partial charge in [0.2, 0.25) is 0 Å². The molecule has 0 aliphatic rings. The average molecular weight is 305 g/mol. The maximum Gasteiger partial charge on any atom is 0.149 e. The van der Waals surface area contributed by atoms with Crippen molar-refractivity contribution in [2.45, 2.75) is 44.2 Å². The average Bonchev–Trinajstić information content (AvgIpc) is 2.36. The molecule has 20 heavy (non-hydrogen) atoms. The Morgan fingerprint density at radius 1 is 1.30 bits per heavy atom. The highest BCUT2D eigenvalue weighted by molar-refractivity contribution is 7.90. The summed E-state index contributed by atoms with van der Waals surface area (Å²) in [5.41, 5.74) is -1.53. The van der Waals surface area contributed by atoms with E-state index in [1.807, 2.05) is 0 Å². The Hall–Kier alpha value is -0.690. The highest BCUT2D eigenvalue weighted by Gasteiger charge is 2.44. The molecule has 0 saturated heterocycles. The van der Waals surface area contributed by atoms with Crippen LogP contribution in [0.25, 0.3) is 0 Å². The van der Waals surface area contributed by atoms with Gasteiger partial charge in [0, 0.05) is 16.9 Å². The second-order valence-corrected chi connectivity index (χ2v) is 7.78. The lowest BCUT2D eigenvalue weighted by molar-refractivity contribution is 0.101. The van der Waals surface area contributed by atoms with Crippen LogP contribution in [-0.4, -0.2) is 27.2 Å². The molecule has 114 valence electrons. The van der Waals surface area contributed by atoms with E-state index in [1.54, 1.807) is 26.8 Å². The van der Waals surface area contributed by atoms with E-state index in [-0.39, 0.29) is 5.56 Å². The standard InChI is InChI=1S/C14H21F2NO2S/c1-13(2,3)20(19)17-14(4,12(16)9-18)10-7-5-6-8-11(10)15/h5-8,12,17-18H,9H2,1-4H3/t12-,14+,20-/m0/s1. The molecule has 0 saturated carbocycles. The number of nitrogens with one attached hydrogen (secondary N) is 1. The number of aliphatic hydroxyl groups is 1. The smallest absolute Gasteiger partial charge is 0.149 e. The zero-order valence-electron chi connectivity index (χ0n) is 12.1. The highest BCUT2D eigenvalue weighted by Crippen LogP contribution is 2.31. The molecule has 1 aromatic rings. The van der Waals surface area contributed by atoms with Crippen LogP contribution < -0.4 is 4.72 Å². The number of benzene rings is 1. The summed E-state index contributed by atoms with van der Waals surface area (Å²) in [4.78, 5) is 0. The summed E-state index contributed by atoms with van der Waals surface area (Å²) >= 11 is -1.61. The van der Waals surface area contributed by atoms with Crippen molar-refractivity contribution in [3.05, 3.63) is 35.6 Å². The lowest BCUT2D eigenvalue weighted by atomic mass is 9.88. The SMILES string of the molecule is CC(C)(C)[S@+]([O-])N[C@](C)(c1ccccc1F)[C@@H](F)CO. The quantitative estimate of drug-likeness (QED) is 0.822. The van der Waals surface area contributed by atoms with Gasteiger partial charge in [-0.1, -0.05) is 18.2 Å². The van der Waals surface area contributed by atoms with Gasteiger partial charge in [-0.2, -0.15) is 0 Å². The summed E-state index contributed by atoms with van der Waals surface area (Å²) in [6.07, 6.45) is -1.79. The van der Waals surface area contributed by atoms with Crippen LogP contribution in [0.15, 0.2) is 24.3 Å². The van der Waals surface area contributed by atoms with Gasteiger partial charge in [-0.25, -0.2) is 8.78 Å². The minimum atomic E-state index is -1.79. The number of aliphatic hydroxyl groups excluding tert-OH is 1. The number of hydrogen-bond donors (Lipinski definition) is 2. The second-order valence-electron chi connectivity index (χ2n) is 5.82. The van der Waals surface area contributed by atoms with E-state index in [0.717, 1.165) is 0 Å². The van der Waals surface area contributed by atoms with Crippen molar-refractivity contribution in [3.8, 4) is 0 Å². The third-order valence-electron chi connectivity index (χ3n) is 3.08. The second kappa shape index (κ2) is 6.39. The van der Waals surface area contributed by atoms with Crippen LogP contribution in [0, 0.1) is 5.82 Å². The van der Waals surface area contributed by atoms with Gasteiger partial charge >= 0.3 is 0 Å². The van der Waals surface area contributed by atoms with Gasteiger partial charge in [0.1, 0.15) is 22.3 Å². The topological polar surface area (TPSA) is 55.3 Å². The van der Waals surface area contributed by atoms with Crippen LogP contribution >= 0.6 is 0 Å². The number of halogens is 2. The van der Waals surface area contributed by atoms with Crippen molar-refractivity contribution >= 4 is 11.4 Å². The normalized spacial score (nSPS) is 18.4. The van der Waals surface area contributed by atoms with E-state index in [4.69, 9.17) is 5.11 Å². The molecular weight excluding hydrogens is 284 g/mol. The lowest BCUT2D eigenvalue weighted by Crippen LogP contribution is -2.55. The minimum Gasteiger partial charge on any atom is -0.598 e. The summed E-state index contributed by atoms with van der Waals surface area (Å²) < 4.78 is 42.3. The summed E-state index contributed by atoms with van der Waals surface area (Å²) in [5.74, 6) is -0.607. The molecular formula is C14H21F2NO2S. The van der Waals surface area contributed by atoms with Crippen molar-refractivity contribution in [3.63, 3.8) is 0 Å². The first kappa shape index (κ1) is 17.4. The third-order valence-corrected chi connectivity index (χ3v) is 4.80. The van der Waals surface area contributed by atoms with E-state index in [0.29, 0.717) is 0 Å². The first-order valence-corrected chi connectivity index (χ1v) is 7.47. The number of hydrogen-bond acceptors (Lipinski definition) is 3. The van der Waals surface area contributed by atoms with Crippen LogP contribution in [0.1, 0.15) is 33.3 Å². The van der Waals surface area contributed by atoms with Gasteiger partial charge in [0.25, 0.3) is 0 Å². The van der Waals surface area contributed by atoms with E-state index in [1.165, 1.54) is 25.1 Å². The van der Waals surface area contributed by atoms with Crippen molar-refractivity contribution in [1.29, 1.82) is 0 Å². The zero-order valence-corrected chi connectivity index (χ0v) is 12.9. The maximum atomic E-state index is 14.2. The van der Waals surface area contributed by atoms with Crippen LogP contribution in [0.2, 0.25) is 0 Å². The molecule has 0 fully saturated rings. The molecule has 0 amide bonds. The molecule has 3 nitrogen and oxygen atoms in total. The van der Waals surface area contributed by atoms with Gasteiger partial charge in [-0.15, -0.1) is 4.72 Å². The minimum absolute atomic E-state index is 0.0409. The fourth-order valence-corrected chi connectivity index (χ4v) is 2.63. The first-order valence-electron chi connectivity index (χ1n) is 6.32. The van der Waals surface area contributed by atoms with Gasteiger partial charge in [-0.05, 0) is 33.8 Å². The Bertz CT molecular complexity index is 453. The fourth-order valence-electron chi connectivity index (χ4n) is 1.70. The summed E-state index contributed by atoms with van der Waals surface area (Å²) in [7, 11) is 0. The first-order chi connectivity index (χ1) is 9.13. The van der Waals surface area contributed by atoms with E-state index < -0.39 is 40.2 Å². The van der Waals surface area contributed by atoms with Gasteiger partial charge < -0.3 is 9.66 Å². The predicted octanol–water partition coefficient (Wildman–Crippen LogP) is 2.42. The molecule has 0 spiro atoms. The van der Waals surface area contributed by atoms with Crippen molar-refractivity contribution in [1.82, 2.24) is 4.72 Å². The molecule has 0 radical (unpaired) electrons. The van der Waals surface area contributed by atoms with Crippen LogP contribution in [0.5, 0.6) is 0 Å².